The van der Waals surface area contributed by atoms with Gasteiger partial charge < -0.3 is 10.1 Å². The summed E-state index contributed by atoms with van der Waals surface area (Å²) in [6.07, 6.45) is 0. The summed E-state index contributed by atoms with van der Waals surface area (Å²) in [5, 5.41) is 3.01. The molecule has 2 aromatic carbocycles. The third-order valence-corrected chi connectivity index (χ3v) is 2.95. The molecular weight excluding hydrogens is 257 g/mol. The maximum Gasteiger partial charge on any atom is 0.179 e. The van der Waals surface area contributed by atoms with Crippen LogP contribution in [0.1, 0.15) is 15.9 Å². The second-order valence-electron chi connectivity index (χ2n) is 4.35. The Hall–Kier alpha value is -2.20. The summed E-state index contributed by atoms with van der Waals surface area (Å²) in [7, 11) is 1.61. The lowest BCUT2D eigenvalue weighted by atomic mass is 10.1. The summed E-state index contributed by atoms with van der Waals surface area (Å²) in [6, 6.07) is 13.5. The normalized spacial score (nSPS) is 10.3. The van der Waals surface area contributed by atoms with Crippen LogP contribution in [0.4, 0.5) is 4.39 Å². The van der Waals surface area contributed by atoms with Gasteiger partial charge in [-0.25, -0.2) is 4.39 Å². The highest BCUT2D eigenvalue weighted by Gasteiger charge is 2.09. The average molecular weight is 273 g/mol. The van der Waals surface area contributed by atoms with Gasteiger partial charge in [0, 0.05) is 6.54 Å². The standard InChI is InChI=1S/C16H16FNO2/c1-20-13-8-6-12(7-9-13)10-18-11-16(19)14-4-2-3-5-15(14)17/h2-9,18H,10-11H2,1H3. The number of hydrogen-bond donors (Lipinski definition) is 1. The second-order valence-corrected chi connectivity index (χ2v) is 4.35. The van der Waals surface area contributed by atoms with Gasteiger partial charge in [0.1, 0.15) is 11.6 Å². The number of hydrogen-bond acceptors (Lipinski definition) is 3. The molecule has 0 unspecified atom stereocenters. The summed E-state index contributed by atoms with van der Waals surface area (Å²) >= 11 is 0. The molecule has 1 N–H and O–H groups in total. The van der Waals surface area contributed by atoms with Crippen molar-refractivity contribution in [1.29, 1.82) is 0 Å². The lowest BCUT2D eigenvalue weighted by molar-refractivity contribution is 0.0987. The zero-order chi connectivity index (χ0) is 14.4. The van der Waals surface area contributed by atoms with Crippen molar-refractivity contribution in [3.05, 3.63) is 65.5 Å². The van der Waals surface area contributed by atoms with Crippen molar-refractivity contribution in [3.8, 4) is 5.75 Å². The molecule has 2 aromatic rings. The van der Waals surface area contributed by atoms with Crippen molar-refractivity contribution in [2.45, 2.75) is 6.54 Å². The van der Waals surface area contributed by atoms with Crippen LogP contribution in [0.15, 0.2) is 48.5 Å². The number of ether oxygens (including phenoxy) is 1. The Labute approximate surface area is 117 Å². The molecule has 3 nitrogen and oxygen atoms in total. The summed E-state index contributed by atoms with van der Waals surface area (Å²) in [6.45, 7) is 0.650. The number of rotatable bonds is 6. The molecule has 2 rings (SSSR count). The van der Waals surface area contributed by atoms with E-state index in [1.54, 1.807) is 19.2 Å². The Bertz CT molecular complexity index is 581. The highest BCUT2D eigenvalue weighted by Crippen LogP contribution is 2.11. The summed E-state index contributed by atoms with van der Waals surface area (Å²) in [5.74, 6) is 0.0524. The number of carbonyl (C=O) groups excluding carboxylic acids is 1. The van der Waals surface area contributed by atoms with Gasteiger partial charge in [0.2, 0.25) is 0 Å². The van der Waals surface area contributed by atoms with E-state index in [1.165, 1.54) is 12.1 Å². The first-order valence-electron chi connectivity index (χ1n) is 6.32. The van der Waals surface area contributed by atoms with Crippen LogP contribution in [0, 0.1) is 5.82 Å². The molecule has 0 spiro atoms. The SMILES string of the molecule is COc1ccc(CNCC(=O)c2ccccc2F)cc1. The van der Waals surface area contributed by atoms with Crippen LogP contribution in [-0.4, -0.2) is 19.4 Å². The van der Waals surface area contributed by atoms with E-state index in [9.17, 15) is 9.18 Å². The van der Waals surface area contributed by atoms with Crippen LogP contribution in [0.3, 0.4) is 0 Å². The molecule has 0 fully saturated rings. The minimum Gasteiger partial charge on any atom is -0.497 e. The van der Waals surface area contributed by atoms with Gasteiger partial charge in [0.15, 0.2) is 5.78 Å². The van der Waals surface area contributed by atoms with Crippen molar-refractivity contribution < 1.29 is 13.9 Å². The minimum atomic E-state index is -0.483. The Kier molecular flexibility index (Phi) is 4.85. The van der Waals surface area contributed by atoms with Crippen LogP contribution in [-0.2, 0) is 6.54 Å². The van der Waals surface area contributed by atoms with Gasteiger partial charge in [-0.3, -0.25) is 4.79 Å². The van der Waals surface area contributed by atoms with E-state index in [4.69, 9.17) is 4.74 Å². The predicted octanol–water partition coefficient (Wildman–Crippen LogP) is 2.81. The predicted molar refractivity (Wildman–Crippen MR) is 75.4 cm³/mol. The lowest BCUT2D eigenvalue weighted by Crippen LogP contribution is -2.23. The van der Waals surface area contributed by atoms with Gasteiger partial charge in [-0.1, -0.05) is 24.3 Å². The maximum atomic E-state index is 13.4. The summed E-state index contributed by atoms with van der Waals surface area (Å²) in [4.78, 5) is 11.8. The fraction of sp³-hybridized carbons (Fsp3) is 0.188. The fourth-order valence-corrected chi connectivity index (χ4v) is 1.85. The third-order valence-electron chi connectivity index (χ3n) is 2.95. The Morgan fingerprint density at radius 2 is 1.85 bits per heavy atom. The number of nitrogens with one attached hydrogen (secondary N) is 1. The molecular formula is C16H16FNO2. The molecule has 0 aliphatic heterocycles. The van der Waals surface area contributed by atoms with Gasteiger partial charge in [-0.2, -0.15) is 0 Å². The van der Waals surface area contributed by atoms with E-state index in [1.807, 2.05) is 24.3 Å². The quantitative estimate of drug-likeness (QED) is 0.822. The molecule has 0 saturated heterocycles. The van der Waals surface area contributed by atoms with Crippen LogP contribution in [0.5, 0.6) is 5.75 Å². The van der Waals surface area contributed by atoms with Crippen LogP contribution in [0.2, 0.25) is 0 Å². The minimum absolute atomic E-state index is 0.104. The number of Topliss-reactive ketones (excluding diaryl/α,β-unsaturated/α-hetero) is 1. The first kappa shape index (κ1) is 14.2. The molecule has 0 saturated carbocycles. The topological polar surface area (TPSA) is 38.3 Å². The zero-order valence-corrected chi connectivity index (χ0v) is 11.2. The van der Waals surface area contributed by atoms with Gasteiger partial charge in [0.25, 0.3) is 0 Å². The molecule has 0 amide bonds. The second kappa shape index (κ2) is 6.82. The van der Waals surface area contributed by atoms with E-state index >= 15 is 0 Å². The fourth-order valence-electron chi connectivity index (χ4n) is 1.85. The largest absolute Gasteiger partial charge is 0.497 e. The van der Waals surface area contributed by atoms with Gasteiger partial charge >= 0.3 is 0 Å². The molecule has 20 heavy (non-hydrogen) atoms. The summed E-state index contributed by atoms with van der Waals surface area (Å²) < 4.78 is 18.5. The first-order chi connectivity index (χ1) is 9.70. The average Bonchev–Trinajstić information content (AvgIpc) is 2.48. The zero-order valence-electron chi connectivity index (χ0n) is 11.2. The number of methoxy groups -OCH3 is 1. The van der Waals surface area contributed by atoms with E-state index in [-0.39, 0.29) is 17.9 Å². The Morgan fingerprint density at radius 1 is 1.15 bits per heavy atom. The van der Waals surface area contributed by atoms with E-state index in [0.29, 0.717) is 6.54 Å². The van der Waals surface area contributed by atoms with E-state index < -0.39 is 5.82 Å². The van der Waals surface area contributed by atoms with Crippen LogP contribution < -0.4 is 10.1 Å². The Morgan fingerprint density at radius 3 is 2.50 bits per heavy atom. The highest BCUT2D eigenvalue weighted by molar-refractivity contribution is 5.97. The van der Waals surface area contributed by atoms with Gasteiger partial charge in [-0.15, -0.1) is 0 Å². The van der Waals surface area contributed by atoms with Crippen LogP contribution in [0.25, 0.3) is 0 Å². The lowest BCUT2D eigenvalue weighted by Gasteiger charge is -2.06. The number of carbonyl (C=O) groups is 1. The molecule has 0 atom stereocenters. The smallest absolute Gasteiger partial charge is 0.179 e. The maximum absolute atomic E-state index is 13.4. The molecule has 104 valence electrons. The van der Waals surface area contributed by atoms with Crippen LogP contribution >= 0.6 is 0 Å². The number of halogens is 1. The van der Waals surface area contributed by atoms with Crippen molar-refractivity contribution in [3.63, 3.8) is 0 Å². The summed E-state index contributed by atoms with van der Waals surface area (Å²) in [5.41, 5.74) is 1.15. The van der Waals surface area contributed by atoms with Gasteiger partial charge in [0.05, 0.1) is 19.2 Å². The third kappa shape index (κ3) is 3.65. The molecule has 0 aliphatic carbocycles. The molecule has 4 heteroatoms. The molecule has 0 heterocycles. The molecule has 0 bridgehead atoms. The highest BCUT2D eigenvalue weighted by atomic mass is 19.1. The van der Waals surface area contributed by atoms with Crippen molar-refractivity contribution in [1.82, 2.24) is 5.32 Å². The van der Waals surface area contributed by atoms with Crippen molar-refractivity contribution >= 4 is 5.78 Å². The monoisotopic (exact) mass is 273 g/mol. The number of ketones is 1. The van der Waals surface area contributed by atoms with Gasteiger partial charge in [-0.05, 0) is 29.8 Å². The van der Waals surface area contributed by atoms with Crippen molar-refractivity contribution in [2.75, 3.05) is 13.7 Å². The number of benzene rings is 2. The van der Waals surface area contributed by atoms with Crippen molar-refractivity contribution in [2.24, 2.45) is 0 Å². The molecule has 0 aliphatic rings. The molecule has 0 aromatic heterocycles. The molecule has 0 radical (unpaired) electrons. The van der Waals surface area contributed by atoms with E-state index in [0.717, 1.165) is 11.3 Å². The first-order valence-corrected chi connectivity index (χ1v) is 6.32. The Balaban J connectivity index is 1.86. The van der Waals surface area contributed by atoms with E-state index in [2.05, 4.69) is 5.32 Å².